The molecule has 2 heterocycles. The molecule has 18 heavy (non-hydrogen) atoms. The van der Waals surface area contributed by atoms with Crippen LogP contribution in [0.3, 0.4) is 0 Å². The van der Waals surface area contributed by atoms with Crippen LogP contribution in [-0.2, 0) is 11.3 Å². The van der Waals surface area contributed by atoms with Gasteiger partial charge in [-0.1, -0.05) is 0 Å². The number of amides is 1. The molecule has 1 aliphatic rings. The number of piperidine rings is 1. The average Bonchev–Trinajstić information content (AvgIpc) is 2.86. The molecule has 6 heteroatoms. The second-order valence-electron chi connectivity index (χ2n) is 4.32. The molecule has 3 N–H and O–H groups in total. The number of carbonyl (C=O) groups excluding carboxylic acids is 1. The van der Waals surface area contributed by atoms with E-state index in [-0.39, 0.29) is 18.2 Å². The predicted octanol–water partition coefficient (Wildman–Crippen LogP) is 0.818. The first kappa shape index (κ1) is 12.6. The predicted molar refractivity (Wildman–Crippen MR) is 62.9 cm³/mol. The Morgan fingerprint density at radius 3 is 2.83 bits per heavy atom. The van der Waals surface area contributed by atoms with E-state index in [2.05, 4.69) is 0 Å². The Hall–Kier alpha value is -1.82. The summed E-state index contributed by atoms with van der Waals surface area (Å²) in [6, 6.07) is 2.42. The first-order valence-corrected chi connectivity index (χ1v) is 5.96. The lowest BCUT2D eigenvalue weighted by Crippen LogP contribution is -2.47. The third kappa shape index (κ3) is 2.38. The Balaban J connectivity index is 2.17. The van der Waals surface area contributed by atoms with E-state index in [1.54, 1.807) is 6.07 Å². The molecular formula is C12H16N2O4. The number of nitrogens with two attached hydrogens (primary N) is 1. The van der Waals surface area contributed by atoms with E-state index in [0.717, 1.165) is 12.8 Å². The molecule has 0 spiro atoms. The molecule has 0 bridgehead atoms. The number of carboxylic acids is 1. The van der Waals surface area contributed by atoms with Crippen molar-refractivity contribution in [1.29, 1.82) is 0 Å². The Morgan fingerprint density at radius 2 is 2.22 bits per heavy atom. The number of hydrogen-bond donors (Lipinski definition) is 2. The quantitative estimate of drug-likeness (QED) is 0.830. The van der Waals surface area contributed by atoms with E-state index in [0.29, 0.717) is 18.7 Å². The summed E-state index contributed by atoms with van der Waals surface area (Å²) in [4.78, 5) is 24.7. The second-order valence-corrected chi connectivity index (χ2v) is 4.32. The van der Waals surface area contributed by atoms with Crippen LogP contribution in [0.4, 0.5) is 0 Å². The van der Waals surface area contributed by atoms with E-state index in [1.165, 1.54) is 11.0 Å². The van der Waals surface area contributed by atoms with Crippen LogP contribution in [0.1, 0.15) is 35.6 Å². The summed E-state index contributed by atoms with van der Waals surface area (Å²) >= 11 is 0. The SMILES string of the molecule is NCc1ccc(C(=O)N2CCCCC2C(=O)O)o1. The maximum absolute atomic E-state index is 12.2. The lowest BCUT2D eigenvalue weighted by atomic mass is 10.0. The molecule has 6 nitrogen and oxygen atoms in total. The van der Waals surface area contributed by atoms with Crippen molar-refractivity contribution in [1.82, 2.24) is 4.90 Å². The number of carboxylic acid groups (broad SMARTS) is 1. The number of likely N-dealkylation sites (tertiary alicyclic amines) is 1. The number of nitrogens with zero attached hydrogens (tertiary/aromatic N) is 1. The van der Waals surface area contributed by atoms with Crippen LogP contribution in [0.15, 0.2) is 16.5 Å². The van der Waals surface area contributed by atoms with Crippen molar-refractivity contribution in [2.75, 3.05) is 6.54 Å². The molecule has 1 unspecified atom stereocenters. The van der Waals surface area contributed by atoms with E-state index < -0.39 is 12.0 Å². The van der Waals surface area contributed by atoms with Gasteiger partial charge in [0.05, 0.1) is 6.54 Å². The van der Waals surface area contributed by atoms with Gasteiger partial charge in [-0.05, 0) is 31.4 Å². The topological polar surface area (TPSA) is 96.8 Å². The largest absolute Gasteiger partial charge is 0.480 e. The van der Waals surface area contributed by atoms with Crippen molar-refractivity contribution >= 4 is 11.9 Å². The van der Waals surface area contributed by atoms with Crippen molar-refractivity contribution < 1.29 is 19.1 Å². The van der Waals surface area contributed by atoms with Crippen LogP contribution in [0.2, 0.25) is 0 Å². The third-order valence-corrected chi connectivity index (χ3v) is 3.12. The minimum atomic E-state index is -0.964. The number of hydrogen-bond acceptors (Lipinski definition) is 4. The maximum atomic E-state index is 12.2. The number of aliphatic carboxylic acids is 1. The fourth-order valence-electron chi connectivity index (χ4n) is 2.18. The van der Waals surface area contributed by atoms with Crippen molar-refractivity contribution in [2.24, 2.45) is 5.73 Å². The number of furan rings is 1. The van der Waals surface area contributed by atoms with Crippen LogP contribution in [-0.4, -0.2) is 34.5 Å². The zero-order valence-corrected chi connectivity index (χ0v) is 9.96. The van der Waals surface area contributed by atoms with Gasteiger partial charge in [-0.25, -0.2) is 4.79 Å². The van der Waals surface area contributed by atoms with E-state index in [4.69, 9.17) is 15.3 Å². The Bertz CT molecular complexity index is 455. The lowest BCUT2D eigenvalue weighted by Gasteiger charge is -2.32. The van der Waals surface area contributed by atoms with Gasteiger partial charge >= 0.3 is 5.97 Å². The molecule has 0 saturated carbocycles. The molecule has 1 fully saturated rings. The molecule has 0 aliphatic carbocycles. The van der Waals surface area contributed by atoms with Gasteiger partial charge in [0.1, 0.15) is 11.8 Å². The van der Waals surface area contributed by atoms with Crippen LogP contribution >= 0.6 is 0 Å². The van der Waals surface area contributed by atoms with Crippen LogP contribution in [0.25, 0.3) is 0 Å². The molecule has 1 amide bonds. The molecular weight excluding hydrogens is 236 g/mol. The zero-order valence-electron chi connectivity index (χ0n) is 9.96. The molecule has 1 aromatic heterocycles. The highest BCUT2D eigenvalue weighted by Crippen LogP contribution is 2.20. The molecule has 1 atom stereocenters. The summed E-state index contributed by atoms with van der Waals surface area (Å²) in [6.45, 7) is 0.671. The van der Waals surface area contributed by atoms with E-state index in [9.17, 15) is 9.59 Å². The Labute approximate surface area is 104 Å². The normalized spacial score (nSPS) is 19.8. The Kier molecular flexibility index (Phi) is 3.66. The molecule has 2 rings (SSSR count). The van der Waals surface area contributed by atoms with Gasteiger partial charge in [-0.15, -0.1) is 0 Å². The summed E-state index contributed by atoms with van der Waals surface area (Å²) in [5.41, 5.74) is 5.40. The van der Waals surface area contributed by atoms with Gasteiger partial charge in [0.25, 0.3) is 5.91 Å². The van der Waals surface area contributed by atoms with Crippen molar-refractivity contribution in [3.63, 3.8) is 0 Å². The highest BCUT2D eigenvalue weighted by Gasteiger charge is 2.33. The fourth-order valence-corrected chi connectivity index (χ4v) is 2.18. The lowest BCUT2D eigenvalue weighted by molar-refractivity contribution is -0.143. The summed E-state index contributed by atoms with van der Waals surface area (Å²) in [7, 11) is 0. The second kappa shape index (κ2) is 5.22. The van der Waals surface area contributed by atoms with Crippen LogP contribution < -0.4 is 5.73 Å². The summed E-state index contributed by atoms with van der Waals surface area (Å²) in [6.07, 6.45) is 2.14. The molecule has 1 saturated heterocycles. The van der Waals surface area contributed by atoms with Crippen LogP contribution in [0.5, 0.6) is 0 Å². The highest BCUT2D eigenvalue weighted by molar-refractivity contribution is 5.94. The third-order valence-electron chi connectivity index (χ3n) is 3.12. The van der Waals surface area contributed by atoms with Crippen molar-refractivity contribution in [3.05, 3.63) is 23.7 Å². The van der Waals surface area contributed by atoms with Gasteiger partial charge in [0, 0.05) is 6.54 Å². The minimum absolute atomic E-state index is 0.156. The molecule has 1 aliphatic heterocycles. The summed E-state index contributed by atoms with van der Waals surface area (Å²) < 4.78 is 5.27. The zero-order chi connectivity index (χ0) is 13.1. The monoisotopic (exact) mass is 252 g/mol. The van der Waals surface area contributed by atoms with E-state index in [1.807, 2.05) is 0 Å². The maximum Gasteiger partial charge on any atom is 0.326 e. The van der Waals surface area contributed by atoms with Crippen LogP contribution in [0, 0.1) is 0 Å². The fraction of sp³-hybridized carbons (Fsp3) is 0.500. The molecule has 0 radical (unpaired) electrons. The molecule has 1 aromatic rings. The highest BCUT2D eigenvalue weighted by atomic mass is 16.4. The number of carbonyl (C=O) groups is 2. The van der Waals surface area contributed by atoms with Crippen molar-refractivity contribution in [3.8, 4) is 0 Å². The van der Waals surface area contributed by atoms with E-state index >= 15 is 0 Å². The van der Waals surface area contributed by atoms with Gasteiger partial charge in [-0.2, -0.15) is 0 Å². The molecule has 0 aromatic carbocycles. The van der Waals surface area contributed by atoms with Gasteiger partial charge in [0.15, 0.2) is 5.76 Å². The van der Waals surface area contributed by atoms with Crippen molar-refractivity contribution in [2.45, 2.75) is 31.8 Å². The minimum Gasteiger partial charge on any atom is -0.480 e. The standard InChI is InChI=1S/C12H16N2O4/c13-7-8-4-5-10(18-8)11(15)14-6-2-1-3-9(14)12(16)17/h4-5,9H,1-3,6-7,13H2,(H,16,17). The number of rotatable bonds is 3. The smallest absolute Gasteiger partial charge is 0.326 e. The first-order valence-electron chi connectivity index (χ1n) is 5.96. The van der Waals surface area contributed by atoms with Gasteiger partial charge < -0.3 is 20.2 Å². The molecule has 98 valence electrons. The first-order chi connectivity index (χ1) is 8.63. The average molecular weight is 252 g/mol. The van der Waals surface area contributed by atoms with Gasteiger partial charge in [0.2, 0.25) is 0 Å². The Morgan fingerprint density at radius 1 is 1.44 bits per heavy atom. The summed E-state index contributed by atoms with van der Waals surface area (Å²) in [5.74, 6) is -0.665. The van der Waals surface area contributed by atoms with Gasteiger partial charge in [-0.3, -0.25) is 4.79 Å². The summed E-state index contributed by atoms with van der Waals surface area (Å²) in [5, 5.41) is 9.11.